The van der Waals surface area contributed by atoms with E-state index in [0.29, 0.717) is 19.3 Å². The molecule has 2 bridgehead atoms. The summed E-state index contributed by atoms with van der Waals surface area (Å²) < 4.78 is 59.6. The van der Waals surface area contributed by atoms with Crippen molar-refractivity contribution in [2.45, 2.75) is 36.9 Å². The van der Waals surface area contributed by atoms with Crippen LogP contribution in [0.4, 0.5) is 17.6 Å². The molecule has 2 heterocycles. The van der Waals surface area contributed by atoms with E-state index >= 15 is 0 Å². The van der Waals surface area contributed by atoms with Gasteiger partial charge < -0.3 is 19.9 Å². The fraction of sp³-hybridized carbons (Fsp3) is 0.571. The zero-order valence-corrected chi connectivity index (χ0v) is 11.5. The number of hydrogen-bond acceptors (Lipinski definition) is 4. The average Bonchev–Trinajstić information content (AvgIpc) is 2.35. The number of piperidine rings is 1. The standard InChI is InChI=1S/C14H15F4NO3/c15-12-3-10(22-14(16,17)18)1-2-11(12)13(20)4-8-6-21-7-9(5-13)19-8/h1-3,8-9,19-20H,4-7H2. The van der Waals surface area contributed by atoms with E-state index in [0.717, 1.165) is 12.1 Å². The minimum absolute atomic E-state index is 0.0135. The molecular formula is C14H15F4NO3. The van der Waals surface area contributed by atoms with Crippen molar-refractivity contribution in [3.63, 3.8) is 0 Å². The van der Waals surface area contributed by atoms with Crippen LogP contribution in [0.3, 0.4) is 0 Å². The van der Waals surface area contributed by atoms with Crippen molar-refractivity contribution in [1.82, 2.24) is 5.32 Å². The third-order valence-corrected chi connectivity index (χ3v) is 3.95. The lowest BCUT2D eigenvalue weighted by Gasteiger charge is -2.45. The van der Waals surface area contributed by atoms with Gasteiger partial charge in [0, 0.05) is 23.7 Å². The first kappa shape index (κ1) is 15.5. The Morgan fingerprint density at radius 3 is 2.41 bits per heavy atom. The number of morpholine rings is 1. The molecule has 1 aromatic carbocycles. The van der Waals surface area contributed by atoms with Crippen LogP contribution in [0.1, 0.15) is 18.4 Å². The van der Waals surface area contributed by atoms with E-state index in [1.54, 1.807) is 0 Å². The maximum absolute atomic E-state index is 14.2. The molecule has 0 aliphatic carbocycles. The number of aliphatic hydroxyl groups is 1. The molecule has 0 spiro atoms. The van der Waals surface area contributed by atoms with Gasteiger partial charge in [-0.15, -0.1) is 13.2 Å². The van der Waals surface area contributed by atoms with Crippen molar-refractivity contribution in [2.24, 2.45) is 0 Å². The van der Waals surface area contributed by atoms with Crippen molar-refractivity contribution in [3.05, 3.63) is 29.6 Å². The normalized spacial score (nSPS) is 31.9. The van der Waals surface area contributed by atoms with Crippen LogP contribution in [0.15, 0.2) is 18.2 Å². The molecule has 2 aliphatic rings. The summed E-state index contributed by atoms with van der Waals surface area (Å²) in [6.07, 6.45) is -4.41. The molecule has 2 N–H and O–H groups in total. The highest BCUT2D eigenvalue weighted by molar-refractivity contribution is 5.33. The highest BCUT2D eigenvalue weighted by Crippen LogP contribution is 2.39. The lowest BCUT2D eigenvalue weighted by molar-refractivity contribution is -0.274. The Hall–Kier alpha value is -1.38. The Kier molecular flexibility index (Phi) is 3.78. The summed E-state index contributed by atoms with van der Waals surface area (Å²) in [6, 6.07) is 2.59. The quantitative estimate of drug-likeness (QED) is 0.819. The molecule has 2 saturated heterocycles. The lowest BCUT2D eigenvalue weighted by atomic mass is 9.78. The van der Waals surface area contributed by atoms with Gasteiger partial charge in [0.2, 0.25) is 0 Å². The molecule has 2 unspecified atom stereocenters. The number of nitrogens with one attached hydrogen (secondary N) is 1. The van der Waals surface area contributed by atoms with Crippen molar-refractivity contribution in [3.8, 4) is 5.75 Å². The number of rotatable bonds is 2. The molecule has 4 nitrogen and oxygen atoms in total. The summed E-state index contributed by atoms with van der Waals surface area (Å²) in [7, 11) is 0. The number of ether oxygens (including phenoxy) is 2. The van der Waals surface area contributed by atoms with E-state index in [-0.39, 0.29) is 30.5 Å². The first-order valence-corrected chi connectivity index (χ1v) is 6.87. The minimum atomic E-state index is -4.88. The molecule has 22 heavy (non-hydrogen) atoms. The molecule has 122 valence electrons. The Morgan fingerprint density at radius 1 is 1.23 bits per heavy atom. The number of fused-ring (bicyclic) bond motifs is 2. The Balaban J connectivity index is 1.85. The van der Waals surface area contributed by atoms with Crippen molar-refractivity contribution >= 4 is 0 Å². The van der Waals surface area contributed by atoms with Crippen molar-refractivity contribution in [1.29, 1.82) is 0 Å². The number of halogens is 4. The second-order valence-corrected chi connectivity index (χ2v) is 5.73. The highest BCUT2D eigenvalue weighted by atomic mass is 19.4. The number of hydrogen-bond donors (Lipinski definition) is 2. The molecule has 8 heteroatoms. The van der Waals surface area contributed by atoms with E-state index in [1.807, 2.05) is 0 Å². The third-order valence-electron chi connectivity index (χ3n) is 3.95. The monoisotopic (exact) mass is 321 g/mol. The Labute approximate surface area is 124 Å². The molecule has 2 aliphatic heterocycles. The van der Waals surface area contributed by atoms with Gasteiger partial charge in [0.1, 0.15) is 11.6 Å². The first-order valence-electron chi connectivity index (χ1n) is 6.87. The topological polar surface area (TPSA) is 50.7 Å². The molecule has 0 aromatic heterocycles. The summed E-state index contributed by atoms with van der Waals surface area (Å²) in [5.74, 6) is -1.56. The average molecular weight is 321 g/mol. The van der Waals surface area contributed by atoms with Gasteiger partial charge >= 0.3 is 6.36 Å². The van der Waals surface area contributed by atoms with Crippen LogP contribution in [0.2, 0.25) is 0 Å². The van der Waals surface area contributed by atoms with E-state index < -0.39 is 23.5 Å². The summed E-state index contributed by atoms with van der Waals surface area (Å²) in [6.45, 7) is 0.825. The van der Waals surface area contributed by atoms with Gasteiger partial charge in [-0.25, -0.2) is 4.39 Å². The van der Waals surface area contributed by atoms with Gasteiger partial charge in [0.05, 0.1) is 18.8 Å². The van der Waals surface area contributed by atoms with Crippen LogP contribution in [0.25, 0.3) is 0 Å². The van der Waals surface area contributed by atoms with Crippen LogP contribution >= 0.6 is 0 Å². The second-order valence-electron chi connectivity index (χ2n) is 5.73. The van der Waals surface area contributed by atoms with Crippen LogP contribution in [0, 0.1) is 5.82 Å². The minimum Gasteiger partial charge on any atom is -0.406 e. The summed E-state index contributed by atoms with van der Waals surface area (Å²) >= 11 is 0. The van der Waals surface area contributed by atoms with Crippen LogP contribution in [-0.2, 0) is 10.3 Å². The Bertz CT molecular complexity index is 552. The fourth-order valence-corrected chi connectivity index (χ4v) is 3.21. The van der Waals surface area contributed by atoms with Crippen LogP contribution in [-0.4, -0.2) is 36.8 Å². The van der Waals surface area contributed by atoms with E-state index in [4.69, 9.17) is 4.74 Å². The Morgan fingerprint density at radius 2 is 1.86 bits per heavy atom. The molecule has 2 atom stereocenters. The highest BCUT2D eigenvalue weighted by Gasteiger charge is 2.43. The molecule has 2 fully saturated rings. The van der Waals surface area contributed by atoms with Gasteiger partial charge in [-0.2, -0.15) is 0 Å². The SMILES string of the molecule is OC1(c2ccc(OC(F)(F)F)cc2F)CC2COCC(C1)N2. The van der Waals surface area contributed by atoms with Gasteiger partial charge in [-0.1, -0.05) is 0 Å². The molecule has 0 radical (unpaired) electrons. The summed E-state index contributed by atoms with van der Waals surface area (Å²) in [5.41, 5.74) is -1.44. The maximum atomic E-state index is 14.2. The maximum Gasteiger partial charge on any atom is 0.573 e. The van der Waals surface area contributed by atoms with Crippen LogP contribution < -0.4 is 10.1 Å². The summed E-state index contributed by atoms with van der Waals surface area (Å²) in [5, 5.41) is 14.0. The smallest absolute Gasteiger partial charge is 0.406 e. The van der Waals surface area contributed by atoms with Gasteiger partial charge in [0.25, 0.3) is 0 Å². The van der Waals surface area contributed by atoms with Crippen molar-refractivity contribution < 1.29 is 32.1 Å². The van der Waals surface area contributed by atoms with Gasteiger partial charge in [-0.05, 0) is 25.0 Å². The largest absolute Gasteiger partial charge is 0.573 e. The third kappa shape index (κ3) is 3.18. The van der Waals surface area contributed by atoms with E-state index in [9.17, 15) is 22.7 Å². The predicted molar refractivity (Wildman–Crippen MR) is 67.7 cm³/mol. The number of alkyl halides is 3. The first-order chi connectivity index (χ1) is 10.3. The zero-order valence-electron chi connectivity index (χ0n) is 11.5. The van der Waals surface area contributed by atoms with Gasteiger partial charge in [0.15, 0.2) is 0 Å². The van der Waals surface area contributed by atoms with Crippen molar-refractivity contribution in [2.75, 3.05) is 13.2 Å². The van der Waals surface area contributed by atoms with E-state index in [1.165, 1.54) is 0 Å². The summed E-state index contributed by atoms with van der Waals surface area (Å²) in [4.78, 5) is 0. The zero-order chi connectivity index (χ0) is 16.0. The molecular weight excluding hydrogens is 306 g/mol. The molecule has 0 saturated carbocycles. The molecule has 1 aromatic rings. The predicted octanol–water partition coefficient (Wildman–Crippen LogP) is 2.06. The number of benzene rings is 1. The molecule has 3 rings (SSSR count). The fourth-order valence-electron chi connectivity index (χ4n) is 3.21. The van der Waals surface area contributed by atoms with Crippen LogP contribution in [0.5, 0.6) is 5.75 Å². The van der Waals surface area contributed by atoms with Gasteiger partial charge in [-0.3, -0.25) is 0 Å². The lowest BCUT2D eigenvalue weighted by Crippen LogP contribution is -2.58. The second kappa shape index (κ2) is 5.36. The van der Waals surface area contributed by atoms with E-state index in [2.05, 4.69) is 10.1 Å². The molecule has 0 amide bonds.